The van der Waals surface area contributed by atoms with Gasteiger partial charge in [0.25, 0.3) is 0 Å². The molecule has 21 heavy (non-hydrogen) atoms. The molecule has 0 fully saturated rings. The minimum Gasteiger partial charge on any atom is -0.308 e. The highest BCUT2D eigenvalue weighted by molar-refractivity contribution is 6.31. The Morgan fingerprint density at radius 3 is 2.57 bits per heavy atom. The first-order valence-electron chi connectivity index (χ1n) is 6.63. The third-order valence-corrected chi connectivity index (χ3v) is 3.38. The second kappa shape index (κ2) is 6.95. The van der Waals surface area contributed by atoms with E-state index in [1.54, 1.807) is 18.6 Å². The summed E-state index contributed by atoms with van der Waals surface area (Å²) in [6.07, 6.45) is 5.12. The first kappa shape index (κ1) is 15.8. The van der Waals surface area contributed by atoms with Gasteiger partial charge in [-0.25, -0.2) is 15.4 Å². The molecule has 0 saturated carbocycles. The number of aromatic nitrogens is 4. The smallest absolute Gasteiger partial charge is 0.152 e. The molecule has 0 aliphatic carbocycles. The first-order chi connectivity index (χ1) is 10.0. The van der Waals surface area contributed by atoms with Gasteiger partial charge < -0.3 is 4.90 Å². The van der Waals surface area contributed by atoms with Gasteiger partial charge in [0.2, 0.25) is 0 Å². The first-order valence-corrected chi connectivity index (χ1v) is 7.01. The normalized spacial score (nSPS) is 12.9. The van der Waals surface area contributed by atoms with Gasteiger partial charge in [0.1, 0.15) is 6.04 Å². The Labute approximate surface area is 129 Å². The van der Waals surface area contributed by atoms with Crippen LogP contribution in [-0.2, 0) is 6.54 Å². The van der Waals surface area contributed by atoms with Crippen LogP contribution < -0.4 is 11.3 Å². The Balaban J connectivity index is 2.33. The SMILES string of the molecule is Cc1cnc(C(NN)c2c(Cl)cnn2CCN(C)C)nc1. The van der Waals surface area contributed by atoms with Crippen molar-refractivity contribution in [2.45, 2.75) is 19.5 Å². The quantitative estimate of drug-likeness (QED) is 0.605. The van der Waals surface area contributed by atoms with Gasteiger partial charge in [0, 0.05) is 18.9 Å². The fraction of sp³-hybridized carbons (Fsp3) is 0.462. The van der Waals surface area contributed by atoms with E-state index in [2.05, 4.69) is 25.4 Å². The van der Waals surface area contributed by atoms with Gasteiger partial charge in [-0.2, -0.15) is 5.10 Å². The second-order valence-corrected chi connectivity index (χ2v) is 5.53. The Kier molecular flexibility index (Phi) is 5.24. The molecule has 114 valence electrons. The predicted molar refractivity (Wildman–Crippen MR) is 81.7 cm³/mol. The molecule has 8 heteroatoms. The third kappa shape index (κ3) is 3.76. The van der Waals surface area contributed by atoms with Crippen molar-refractivity contribution in [2.75, 3.05) is 20.6 Å². The Hall–Kier alpha value is -1.54. The van der Waals surface area contributed by atoms with E-state index in [1.165, 1.54) is 0 Å². The summed E-state index contributed by atoms with van der Waals surface area (Å²) in [5, 5.41) is 4.85. The topological polar surface area (TPSA) is 84.9 Å². The summed E-state index contributed by atoms with van der Waals surface area (Å²) in [6.45, 7) is 3.49. The second-order valence-electron chi connectivity index (χ2n) is 5.12. The largest absolute Gasteiger partial charge is 0.308 e. The molecule has 1 unspecified atom stereocenters. The monoisotopic (exact) mass is 309 g/mol. The molecule has 0 bridgehead atoms. The molecule has 0 amide bonds. The highest BCUT2D eigenvalue weighted by Crippen LogP contribution is 2.25. The molecule has 2 aromatic heterocycles. The number of nitrogens with zero attached hydrogens (tertiary/aromatic N) is 5. The molecule has 2 aromatic rings. The third-order valence-electron chi connectivity index (χ3n) is 3.09. The fourth-order valence-electron chi connectivity index (χ4n) is 1.96. The van der Waals surface area contributed by atoms with Crippen LogP contribution in [-0.4, -0.2) is 45.3 Å². The van der Waals surface area contributed by atoms with Crippen LogP contribution in [0, 0.1) is 6.92 Å². The van der Waals surface area contributed by atoms with Gasteiger partial charge in [0.15, 0.2) is 5.82 Å². The van der Waals surface area contributed by atoms with Crippen LogP contribution in [0.5, 0.6) is 0 Å². The predicted octanol–water partition coefficient (Wildman–Crippen LogP) is 0.749. The van der Waals surface area contributed by atoms with Crippen LogP contribution in [0.2, 0.25) is 5.02 Å². The molecular formula is C13H20ClN7. The molecule has 0 aliphatic heterocycles. The maximum Gasteiger partial charge on any atom is 0.152 e. The van der Waals surface area contributed by atoms with Crippen molar-refractivity contribution in [3.05, 3.63) is 40.7 Å². The summed E-state index contributed by atoms with van der Waals surface area (Å²) in [7, 11) is 4.01. The van der Waals surface area contributed by atoms with Crippen LogP contribution >= 0.6 is 11.6 Å². The Morgan fingerprint density at radius 2 is 2.00 bits per heavy atom. The summed E-state index contributed by atoms with van der Waals surface area (Å²) in [4.78, 5) is 10.7. The number of hydrogen-bond acceptors (Lipinski definition) is 6. The molecule has 0 aromatic carbocycles. The van der Waals surface area contributed by atoms with Crippen molar-refractivity contribution < 1.29 is 0 Å². The van der Waals surface area contributed by atoms with E-state index in [-0.39, 0.29) is 0 Å². The summed E-state index contributed by atoms with van der Waals surface area (Å²) < 4.78 is 1.83. The number of likely N-dealkylation sites (N-methyl/N-ethyl adjacent to an activating group) is 1. The lowest BCUT2D eigenvalue weighted by Crippen LogP contribution is -2.33. The molecule has 3 N–H and O–H groups in total. The maximum absolute atomic E-state index is 6.27. The number of nitrogens with one attached hydrogen (secondary N) is 1. The number of hydrazine groups is 1. The van der Waals surface area contributed by atoms with E-state index < -0.39 is 6.04 Å². The summed E-state index contributed by atoms with van der Waals surface area (Å²) in [5.74, 6) is 6.25. The van der Waals surface area contributed by atoms with Gasteiger partial charge in [-0.3, -0.25) is 10.5 Å². The number of aryl methyl sites for hydroxylation is 1. The highest BCUT2D eigenvalue weighted by atomic mass is 35.5. The standard InChI is InChI=1S/C13H20ClN7/c1-9-6-16-13(17-7-9)11(19-15)12-10(14)8-18-21(12)5-4-20(2)3/h6-8,11,19H,4-5,15H2,1-3H3. The van der Waals surface area contributed by atoms with Gasteiger partial charge in [-0.1, -0.05) is 11.6 Å². The zero-order valence-corrected chi connectivity index (χ0v) is 13.2. The molecule has 0 radical (unpaired) electrons. The lowest BCUT2D eigenvalue weighted by molar-refractivity contribution is 0.365. The lowest BCUT2D eigenvalue weighted by atomic mass is 10.2. The van der Waals surface area contributed by atoms with Crippen molar-refractivity contribution in [1.82, 2.24) is 30.1 Å². The molecule has 0 spiro atoms. The van der Waals surface area contributed by atoms with Crippen LogP contribution in [0.15, 0.2) is 18.6 Å². The number of nitrogens with two attached hydrogens (primary N) is 1. The molecule has 7 nitrogen and oxygen atoms in total. The van der Waals surface area contributed by atoms with E-state index in [4.69, 9.17) is 17.4 Å². The van der Waals surface area contributed by atoms with E-state index in [9.17, 15) is 0 Å². The minimum atomic E-state index is -0.400. The average molecular weight is 310 g/mol. The van der Waals surface area contributed by atoms with Crippen molar-refractivity contribution >= 4 is 11.6 Å². The van der Waals surface area contributed by atoms with E-state index >= 15 is 0 Å². The zero-order chi connectivity index (χ0) is 15.4. The molecule has 2 heterocycles. The van der Waals surface area contributed by atoms with Crippen molar-refractivity contribution in [3.63, 3.8) is 0 Å². The zero-order valence-electron chi connectivity index (χ0n) is 12.4. The van der Waals surface area contributed by atoms with Crippen LogP contribution in [0.4, 0.5) is 0 Å². The van der Waals surface area contributed by atoms with Crippen LogP contribution in [0.1, 0.15) is 23.1 Å². The van der Waals surface area contributed by atoms with Crippen molar-refractivity contribution in [1.29, 1.82) is 0 Å². The maximum atomic E-state index is 6.27. The highest BCUT2D eigenvalue weighted by Gasteiger charge is 2.23. The fourth-order valence-corrected chi connectivity index (χ4v) is 2.21. The van der Waals surface area contributed by atoms with Crippen molar-refractivity contribution in [2.24, 2.45) is 5.84 Å². The van der Waals surface area contributed by atoms with E-state index in [0.29, 0.717) is 17.4 Å². The van der Waals surface area contributed by atoms with E-state index in [0.717, 1.165) is 17.8 Å². The summed E-state index contributed by atoms with van der Waals surface area (Å²) in [6, 6.07) is -0.400. The number of rotatable bonds is 6. The van der Waals surface area contributed by atoms with E-state index in [1.807, 2.05) is 25.7 Å². The molecular weight excluding hydrogens is 290 g/mol. The van der Waals surface area contributed by atoms with Crippen LogP contribution in [0.25, 0.3) is 0 Å². The van der Waals surface area contributed by atoms with Gasteiger partial charge in [0.05, 0.1) is 23.5 Å². The van der Waals surface area contributed by atoms with Crippen molar-refractivity contribution in [3.8, 4) is 0 Å². The van der Waals surface area contributed by atoms with Gasteiger partial charge in [-0.15, -0.1) is 0 Å². The number of halogens is 1. The molecule has 2 rings (SSSR count). The molecule has 0 saturated heterocycles. The molecule has 1 atom stereocenters. The lowest BCUT2D eigenvalue weighted by Gasteiger charge is -2.18. The molecule has 0 aliphatic rings. The van der Waals surface area contributed by atoms with Crippen LogP contribution in [0.3, 0.4) is 0 Å². The summed E-state index contributed by atoms with van der Waals surface area (Å²) >= 11 is 6.27. The Bertz CT molecular complexity index is 579. The number of hydrogen-bond donors (Lipinski definition) is 2. The Morgan fingerprint density at radius 1 is 1.33 bits per heavy atom. The van der Waals surface area contributed by atoms with Gasteiger partial charge in [-0.05, 0) is 26.6 Å². The average Bonchev–Trinajstić information content (AvgIpc) is 2.81. The minimum absolute atomic E-state index is 0.400. The summed E-state index contributed by atoms with van der Waals surface area (Å²) in [5.41, 5.74) is 4.48. The van der Waals surface area contributed by atoms with Gasteiger partial charge >= 0.3 is 0 Å².